The lowest BCUT2D eigenvalue weighted by molar-refractivity contribution is -0.152. The molecule has 0 aliphatic heterocycles. The van der Waals surface area contributed by atoms with Crippen molar-refractivity contribution >= 4 is 23.3 Å². The summed E-state index contributed by atoms with van der Waals surface area (Å²) in [6.07, 6.45) is -0.0968. The Bertz CT molecular complexity index is 593. The predicted octanol–water partition coefficient (Wildman–Crippen LogP) is 1.61. The van der Waals surface area contributed by atoms with E-state index in [4.69, 9.17) is 21.0 Å². The average molecular weight is 321 g/mol. The summed E-state index contributed by atoms with van der Waals surface area (Å²) in [7, 11) is 0. The Labute approximate surface area is 135 Å². The van der Waals surface area contributed by atoms with Crippen LogP contribution in [0.1, 0.15) is 32.8 Å². The number of anilines is 1. The number of esters is 1. The number of nitrogens with two attached hydrogens (primary N) is 1. The second kappa shape index (κ2) is 7.73. The molecule has 0 radical (unpaired) electrons. The molecule has 0 saturated carbocycles. The number of carboxylic acid groups (broad SMARTS) is 1. The molecule has 0 saturated heterocycles. The zero-order chi connectivity index (χ0) is 17.6. The van der Waals surface area contributed by atoms with E-state index in [0.29, 0.717) is 11.3 Å². The third-order valence-corrected chi connectivity index (χ3v) is 2.84. The van der Waals surface area contributed by atoms with E-state index in [1.165, 1.54) is 0 Å². The highest BCUT2D eigenvalue weighted by molar-refractivity contribution is 6.05. The van der Waals surface area contributed by atoms with Crippen molar-refractivity contribution in [3.8, 4) is 0 Å². The molecule has 0 aromatic heterocycles. The van der Waals surface area contributed by atoms with Crippen molar-refractivity contribution in [3.05, 3.63) is 29.8 Å². The van der Waals surface area contributed by atoms with E-state index >= 15 is 0 Å². The lowest BCUT2D eigenvalue weighted by Gasteiger charge is -2.20. The number of nitrogens with one attached hydrogen (secondary N) is 2. The molecule has 0 aliphatic rings. The minimum atomic E-state index is -1.16. The first-order chi connectivity index (χ1) is 10.6. The number of carboxylic acids is 1. The van der Waals surface area contributed by atoms with Gasteiger partial charge in [0.1, 0.15) is 18.2 Å². The Hall–Kier alpha value is -2.41. The molecule has 1 aromatic rings. The lowest BCUT2D eigenvalue weighted by atomic mass is 10.0. The molecule has 1 unspecified atom stereocenters. The first-order valence-corrected chi connectivity index (χ1v) is 7.21. The Kier molecular flexibility index (Phi) is 6.27. The van der Waals surface area contributed by atoms with Crippen molar-refractivity contribution in [1.29, 1.82) is 5.41 Å². The topological polar surface area (TPSA) is 126 Å². The summed E-state index contributed by atoms with van der Waals surface area (Å²) in [5.74, 6) is -1.57. The fourth-order valence-electron chi connectivity index (χ4n) is 1.86. The second-order valence-electron chi connectivity index (χ2n) is 6.11. The van der Waals surface area contributed by atoms with Gasteiger partial charge in [-0.1, -0.05) is 18.2 Å². The van der Waals surface area contributed by atoms with Gasteiger partial charge in [-0.15, -0.1) is 0 Å². The van der Waals surface area contributed by atoms with Crippen LogP contribution in [-0.2, 0) is 14.3 Å². The quantitative estimate of drug-likeness (QED) is 0.446. The molecule has 126 valence electrons. The fraction of sp³-hybridized carbons (Fsp3) is 0.438. The highest BCUT2D eigenvalue weighted by atomic mass is 16.6. The minimum absolute atomic E-state index is 0.0491. The molecule has 0 spiro atoms. The van der Waals surface area contributed by atoms with Gasteiger partial charge in [0, 0.05) is 23.4 Å². The van der Waals surface area contributed by atoms with E-state index in [9.17, 15) is 9.59 Å². The van der Waals surface area contributed by atoms with E-state index in [1.807, 2.05) is 0 Å². The Morgan fingerprint density at radius 2 is 1.96 bits per heavy atom. The number of benzene rings is 1. The van der Waals surface area contributed by atoms with Crippen molar-refractivity contribution in [2.24, 2.45) is 5.73 Å². The highest BCUT2D eigenvalue weighted by Gasteiger charge is 2.18. The van der Waals surface area contributed by atoms with E-state index in [-0.39, 0.29) is 18.7 Å². The van der Waals surface area contributed by atoms with Crippen LogP contribution in [-0.4, -0.2) is 40.9 Å². The summed E-state index contributed by atoms with van der Waals surface area (Å²) in [4.78, 5) is 22.5. The maximum Gasteiger partial charge on any atom is 0.325 e. The van der Waals surface area contributed by atoms with Crippen molar-refractivity contribution in [3.63, 3.8) is 0 Å². The Balaban J connectivity index is 2.76. The van der Waals surface area contributed by atoms with Gasteiger partial charge in [-0.2, -0.15) is 0 Å². The second-order valence-corrected chi connectivity index (χ2v) is 6.11. The molecule has 0 bridgehead atoms. The monoisotopic (exact) mass is 321 g/mol. The molecule has 0 fully saturated rings. The van der Waals surface area contributed by atoms with E-state index < -0.39 is 23.6 Å². The number of hydrogen-bond acceptors (Lipinski definition) is 6. The molecule has 1 atom stereocenters. The van der Waals surface area contributed by atoms with Crippen LogP contribution in [0.5, 0.6) is 0 Å². The minimum Gasteiger partial charge on any atom is -0.480 e. The van der Waals surface area contributed by atoms with E-state index in [1.54, 1.807) is 45.0 Å². The summed E-state index contributed by atoms with van der Waals surface area (Å²) >= 11 is 0. The largest absolute Gasteiger partial charge is 0.480 e. The maximum atomic E-state index is 11.7. The van der Waals surface area contributed by atoms with Crippen LogP contribution < -0.4 is 11.1 Å². The highest BCUT2D eigenvalue weighted by Crippen LogP contribution is 2.18. The van der Waals surface area contributed by atoms with Gasteiger partial charge in [-0.25, -0.2) is 0 Å². The third kappa shape index (κ3) is 6.48. The van der Waals surface area contributed by atoms with Gasteiger partial charge in [0.25, 0.3) is 0 Å². The average Bonchev–Trinajstić information content (AvgIpc) is 2.43. The number of para-hydroxylation sites is 1. The van der Waals surface area contributed by atoms with Crippen molar-refractivity contribution < 1.29 is 19.4 Å². The number of aliphatic carboxylic acids is 1. The van der Waals surface area contributed by atoms with Crippen LogP contribution in [0.25, 0.3) is 0 Å². The number of hydrogen-bond donors (Lipinski definition) is 4. The number of ether oxygens (including phenoxy) is 1. The SMILES string of the molecule is CC(C)(C)OC(=O)CNc1ccccc1C(=N)CC(N)C(=O)O. The smallest absolute Gasteiger partial charge is 0.325 e. The summed E-state index contributed by atoms with van der Waals surface area (Å²) in [5.41, 5.74) is 6.04. The molecule has 0 amide bonds. The molecule has 1 rings (SSSR count). The van der Waals surface area contributed by atoms with E-state index in [0.717, 1.165) is 0 Å². The third-order valence-electron chi connectivity index (χ3n) is 2.84. The summed E-state index contributed by atoms with van der Waals surface area (Å²) in [6.45, 7) is 5.29. The summed E-state index contributed by atoms with van der Waals surface area (Å²) < 4.78 is 5.20. The number of carbonyl (C=O) groups excluding carboxylic acids is 1. The van der Waals surface area contributed by atoms with Gasteiger partial charge in [-0.05, 0) is 26.8 Å². The first kappa shape index (κ1) is 18.6. The van der Waals surface area contributed by atoms with Crippen LogP contribution in [0.2, 0.25) is 0 Å². The number of rotatable bonds is 7. The fourth-order valence-corrected chi connectivity index (χ4v) is 1.86. The van der Waals surface area contributed by atoms with Crippen LogP contribution in [0.15, 0.2) is 24.3 Å². The van der Waals surface area contributed by atoms with Crippen LogP contribution >= 0.6 is 0 Å². The van der Waals surface area contributed by atoms with Crippen molar-refractivity contribution in [2.75, 3.05) is 11.9 Å². The first-order valence-electron chi connectivity index (χ1n) is 7.21. The summed E-state index contributed by atoms with van der Waals surface area (Å²) in [5, 5.41) is 19.8. The molecule has 23 heavy (non-hydrogen) atoms. The maximum absolute atomic E-state index is 11.7. The lowest BCUT2D eigenvalue weighted by Crippen LogP contribution is -2.33. The van der Waals surface area contributed by atoms with Crippen molar-refractivity contribution in [1.82, 2.24) is 0 Å². The normalized spacial score (nSPS) is 12.3. The van der Waals surface area contributed by atoms with Crippen LogP contribution in [0.3, 0.4) is 0 Å². The van der Waals surface area contributed by atoms with Crippen LogP contribution in [0, 0.1) is 5.41 Å². The summed E-state index contributed by atoms with van der Waals surface area (Å²) in [6, 6.07) is 5.73. The molecule has 7 heteroatoms. The molecule has 5 N–H and O–H groups in total. The zero-order valence-electron chi connectivity index (χ0n) is 13.6. The van der Waals surface area contributed by atoms with E-state index in [2.05, 4.69) is 5.32 Å². The van der Waals surface area contributed by atoms with Gasteiger partial charge in [0.2, 0.25) is 0 Å². The standard InChI is InChI=1S/C16H23N3O4/c1-16(2,3)23-14(20)9-19-13-7-5-4-6-10(13)11(17)8-12(18)15(21)22/h4-7,12,17,19H,8-9,18H2,1-3H3,(H,21,22). The zero-order valence-corrected chi connectivity index (χ0v) is 13.6. The Morgan fingerprint density at radius 1 is 1.35 bits per heavy atom. The Morgan fingerprint density at radius 3 is 2.52 bits per heavy atom. The molecule has 7 nitrogen and oxygen atoms in total. The number of carbonyl (C=O) groups is 2. The van der Waals surface area contributed by atoms with Gasteiger partial charge < -0.3 is 26.3 Å². The molecule has 0 heterocycles. The van der Waals surface area contributed by atoms with Gasteiger partial charge in [0.15, 0.2) is 0 Å². The molecular formula is C16H23N3O4. The molecular weight excluding hydrogens is 298 g/mol. The predicted molar refractivity (Wildman–Crippen MR) is 87.8 cm³/mol. The van der Waals surface area contributed by atoms with Gasteiger partial charge in [-0.3, -0.25) is 9.59 Å². The van der Waals surface area contributed by atoms with Gasteiger partial charge in [0.05, 0.1) is 0 Å². The van der Waals surface area contributed by atoms with Gasteiger partial charge >= 0.3 is 11.9 Å². The molecule has 1 aromatic carbocycles. The van der Waals surface area contributed by atoms with Crippen molar-refractivity contribution in [2.45, 2.75) is 38.8 Å². The molecule has 0 aliphatic carbocycles. The van der Waals surface area contributed by atoms with Crippen LogP contribution in [0.4, 0.5) is 5.69 Å².